The van der Waals surface area contributed by atoms with E-state index in [1.807, 2.05) is 6.92 Å². The van der Waals surface area contributed by atoms with Crippen molar-refractivity contribution < 1.29 is 14.3 Å². The van der Waals surface area contributed by atoms with E-state index >= 15 is 0 Å². The number of carbonyl (C=O) groups is 1. The Kier molecular flexibility index (Phi) is 5.47. The van der Waals surface area contributed by atoms with E-state index in [9.17, 15) is 4.79 Å². The van der Waals surface area contributed by atoms with Crippen LogP contribution in [-0.4, -0.2) is 25.8 Å². The monoisotopic (exact) mass is 158 g/mol. The van der Waals surface area contributed by atoms with Gasteiger partial charge in [0.15, 0.2) is 0 Å². The first kappa shape index (κ1) is 10.2. The number of ether oxygens (including phenoxy) is 2. The number of carbonyl (C=O) groups excluding carboxylic acids is 1. The summed E-state index contributed by atoms with van der Waals surface area (Å²) < 4.78 is 9.54. The van der Waals surface area contributed by atoms with Gasteiger partial charge in [0, 0.05) is 13.2 Å². The summed E-state index contributed by atoms with van der Waals surface area (Å²) in [7, 11) is 1.58. The second-order valence-electron chi connectivity index (χ2n) is 2.05. The molecule has 0 fully saturated rings. The topological polar surface area (TPSA) is 35.5 Å². The maximum Gasteiger partial charge on any atom is 0.330 e. The van der Waals surface area contributed by atoms with Crippen molar-refractivity contribution in [1.82, 2.24) is 0 Å². The van der Waals surface area contributed by atoms with Crippen LogP contribution < -0.4 is 0 Å². The molecule has 1 atom stereocenters. The maximum atomic E-state index is 10.7. The van der Waals surface area contributed by atoms with Crippen molar-refractivity contribution in [3.05, 3.63) is 12.2 Å². The molecule has 3 heteroatoms. The van der Waals surface area contributed by atoms with Crippen LogP contribution in [0.2, 0.25) is 0 Å². The third kappa shape index (κ3) is 5.61. The van der Waals surface area contributed by atoms with Crippen LogP contribution in [0.5, 0.6) is 0 Å². The molecular formula is C8H14O3. The SMILES string of the molecule is CCOC(=O)/C=C/[C@@H](C)OC. The van der Waals surface area contributed by atoms with Gasteiger partial charge in [0.1, 0.15) is 0 Å². The quantitative estimate of drug-likeness (QED) is 0.454. The minimum absolute atomic E-state index is 0.0422. The second kappa shape index (κ2) is 5.92. The van der Waals surface area contributed by atoms with Gasteiger partial charge < -0.3 is 9.47 Å². The summed E-state index contributed by atoms with van der Waals surface area (Å²) in [6, 6.07) is 0. The first-order valence-electron chi connectivity index (χ1n) is 3.58. The van der Waals surface area contributed by atoms with Crippen molar-refractivity contribution in [2.45, 2.75) is 20.0 Å². The Morgan fingerprint density at radius 3 is 2.73 bits per heavy atom. The van der Waals surface area contributed by atoms with Gasteiger partial charge in [-0.2, -0.15) is 0 Å². The summed E-state index contributed by atoms with van der Waals surface area (Å²) >= 11 is 0. The molecular weight excluding hydrogens is 144 g/mol. The van der Waals surface area contributed by atoms with Gasteiger partial charge in [-0.05, 0) is 19.9 Å². The lowest BCUT2D eigenvalue weighted by Crippen LogP contribution is -2.03. The molecule has 0 aliphatic carbocycles. The van der Waals surface area contributed by atoms with E-state index in [1.165, 1.54) is 6.08 Å². The normalized spacial score (nSPS) is 13.4. The summed E-state index contributed by atoms with van der Waals surface area (Å²) in [5.41, 5.74) is 0. The minimum Gasteiger partial charge on any atom is -0.463 e. The molecule has 0 spiro atoms. The molecule has 0 unspecified atom stereocenters. The van der Waals surface area contributed by atoms with E-state index in [0.717, 1.165) is 0 Å². The van der Waals surface area contributed by atoms with E-state index < -0.39 is 0 Å². The Labute approximate surface area is 67.0 Å². The van der Waals surface area contributed by atoms with Crippen molar-refractivity contribution in [3.8, 4) is 0 Å². The molecule has 0 radical (unpaired) electrons. The number of methoxy groups -OCH3 is 1. The lowest BCUT2D eigenvalue weighted by Gasteiger charge is -2.00. The lowest BCUT2D eigenvalue weighted by atomic mass is 10.3. The molecule has 11 heavy (non-hydrogen) atoms. The standard InChI is InChI=1S/C8H14O3/c1-4-11-8(9)6-5-7(2)10-3/h5-7H,4H2,1-3H3/b6-5+/t7-/m1/s1. The highest BCUT2D eigenvalue weighted by Gasteiger charge is 1.95. The van der Waals surface area contributed by atoms with Crippen molar-refractivity contribution in [1.29, 1.82) is 0 Å². The fraction of sp³-hybridized carbons (Fsp3) is 0.625. The first-order chi connectivity index (χ1) is 5.20. The Morgan fingerprint density at radius 1 is 1.64 bits per heavy atom. The fourth-order valence-corrected chi connectivity index (χ4v) is 0.483. The maximum absolute atomic E-state index is 10.7. The van der Waals surface area contributed by atoms with E-state index in [2.05, 4.69) is 4.74 Å². The van der Waals surface area contributed by atoms with Gasteiger partial charge >= 0.3 is 5.97 Å². The predicted octanol–water partition coefficient (Wildman–Crippen LogP) is 1.14. The van der Waals surface area contributed by atoms with Gasteiger partial charge in [0.05, 0.1) is 12.7 Å². The van der Waals surface area contributed by atoms with Gasteiger partial charge in [0.2, 0.25) is 0 Å². The van der Waals surface area contributed by atoms with E-state index in [1.54, 1.807) is 20.1 Å². The molecule has 0 rings (SSSR count). The zero-order valence-electron chi connectivity index (χ0n) is 7.16. The van der Waals surface area contributed by atoms with Crippen LogP contribution >= 0.6 is 0 Å². The van der Waals surface area contributed by atoms with Crippen LogP contribution in [0.1, 0.15) is 13.8 Å². The minimum atomic E-state index is -0.323. The summed E-state index contributed by atoms with van der Waals surface area (Å²) in [5, 5.41) is 0. The van der Waals surface area contributed by atoms with Crippen molar-refractivity contribution in [2.75, 3.05) is 13.7 Å². The van der Waals surface area contributed by atoms with Crippen LogP contribution in [0.15, 0.2) is 12.2 Å². The smallest absolute Gasteiger partial charge is 0.330 e. The summed E-state index contributed by atoms with van der Waals surface area (Å²) in [5.74, 6) is -0.323. The van der Waals surface area contributed by atoms with Crippen LogP contribution in [0.3, 0.4) is 0 Å². The van der Waals surface area contributed by atoms with Crippen molar-refractivity contribution >= 4 is 5.97 Å². The average Bonchev–Trinajstić information content (AvgIpc) is 2.01. The molecule has 64 valence electrons. The first-order valence-corrected chi connectivity index (χ1v) is 3.58. The number of rotatable bonds is 4. The third-order valence-corrected chi connectivity index (χ3v) is 1.16. The number of hydrogen-bond acceptors (Lipinski definition) is 3. The van der Waals surface area contributed by atoms with Gasteiger partial charge in [0.25, 0.3) is 0 Å². The summed E-state index contributed by atoms with van der Waals surface area (Å²) in [4.78, 5) is 10.7. The molecule has 3 nitrogen and oxygen atoms in total. The van der Waals surface area contributed by atoms with Crippen LogP contribution in [0.25, 0.3) is 0 Å². The summed E-state index contributed by atoms with van der Waals surface area (Å²) in [6.45, 7) is 4.02. The van der Waals surface area contributed by atoms with Crippen molar-refractivity contribution in [2.24, 2.45) is 0 Å². The van der Waals surface area contributed by atoms with E-state index in [0.29, 0.717) is 6.61 Å². The Balaban J connectivity index is 3.63. The van der Waals surface area contributed by atoms with Crippen LogP contribution in [0, 0.1) is 0 Å². The van der Waals surface area contributed by atoms with Crippen LogP contribution in [-0.2, 0) is 14.3 Å². The molecule has 0 aromatic heterocycles. The Morgan fingerprint density at radius 2 is 2.27 bits per heavy atom. The zero-order chi connectivity index (χ0) is 8.69. The molecule has 0 aromatic carbocycles. The highest BCUT2D eigenvalue weighted by molar-refractivity contribution is 5.81. The number of hydrogen-bond donors (Lipinski definition) is 0. The fourth-order valence-electron chi connectivity index (χ4n) is 0.483. The Bertz CT molecular complexity index is 140. The van der Waals surface area contributed by atoms with E-state index in [-0.39, 0.29) is 12.1 Å². The van der Waals surface area contributed by atoms with Crippen molar-refractivity contribution in [3.63, 3.8) is 0 Å². The molecule has 0 saturated carbocycles. The molecule has 0 aromatic rings. The van der Waals surface area contributed by atoms with Gasteiger partial charge in [-0.3, -0.25) is 0 Å². The Hall–Kier alpha value is -0.830. The molecule has 0 heterocycles. The summed E-state index contributed by atoms with van der Waals surface area (Å²) in [6.07, 6.45) is 2.98. The predicted molar refractivity (Wildman–Crippen MR) is 42.2 cm³/mol. The van der Waals surface area contributed by atoms with Gasteiger partial charge in [-0.15, -0.1) is 0 Å². The van der Waals surface area contributed by atoms with Crippen LogP contribution in [0.4, 0.5) is 0 Å². The highest BCUT2D eigenvalue weighted by Crippen LogP contribution is 1.90. The zero-order valence-corrected chi connectivity index (χ0v) is 7.16. The molecule has 0 saturated heterocycles. The van der Waals surface area contributed by atoms with E-state index in [4.69, 9.17) is 4.74 Å². The molecule has 0 aliphatic heterocycles. The lowest BCUT2D eigenvalue weighted by molar-refractivity contribution is -0.137. The van der Waals surface area contributed by atoms with Gasteiger partial charge in [-0.1, -0.05) is 0 Å². The molecule has 0 bridgehead atoms. The third-order valence-electron chi connectivity index (χ3n) is 1.16. The van der Waals surface area contributed by atoms with Gasteiger partial charge in [-0.25, -0.2) is 4.79 Å². The largest absolute Gasteiger partial charge is 0.463 e. The highest BCUT2D eigenvalue weighted by atomic mass is 16.5. The molecule has 0 amide bonds. The average molecular weight is 158 g/mol. The number of esters is 1. The second-order valence-corrected chi connectivity index (χ2v) is 2.05. The molecule has 0 aliphatic rings. The molecule has 0 N–H and O–H groups in total.